The van der Waals surface area contributed by atoms with Crippen molar-refractivity contribution in [1.82, 2.24) is 14.6 Å². The number of pyridine rings is 1. The molecule has 1 aliphatic carbocycles. The number of rotatable bonds is 5. The van der Waals surface area contributed by atoms with Gasteiger partial charge in [0.25, 0.3) is 0 Å². The Labute approximate surface area is 184 Å². The van der Waals surface area contributed by atoms with Crippen LogP contribution in [0, 0.1) is 0 Å². The molecule has 1 N–H and O–H groups in total. The van der Waals surface area contributed by atoms with E-state index in [2.05, 4.69) is 22.4 Å². The summed E-state index contributed by atoms with van der Waals surface area (Å²) >= 11 is 0. The standard InChI is InChI=1S/C25H27N3O2S/c29-31(30,28-15-13-20-7-1-2-8-22(20)18-28)23-11-3-6-19(16-23)17-27-24-12-4-9-21-10-5-14-26-25(21)24/h1-3,5-8,10-11,14,16,24,27H,4,9,12-13,15,17-18H2. The Kier molecular flexibility index (Phi) is 5.61. The van der Waals surface area contributed by atoms with Gasteiger partial charge in [0, 0.05) is 25.8 Å². The van der Waals surface area contributed by atoms with E-state index in [1.54, 1.807) is 10.4 Å². The van der Waals surface area contributed by atoms with Gasteiger partial charge in [-0.05, 0) is 66.1 Å². The number of nitrogens with zero attached hydrogens (tertiary/aromatic N) is 2. The molecule has 5 nitrogen and oxygen atoms in total. The molecule has 0 saturated carbocycles. The van der Waals surface area contributed by atoms with Crippen LogP contribution in [0.25, 0.3) is 0 Å². The van der Waals surface area contributed by atoms with Crippen LogP contribution < -0.4 is 5.32 Å². The highest BCUT2D eigenvalue weighted by molar-refractivity contribution is 7.89. The van der Waals surface area contributed by atoms with Crippen LogP contribution in [-0.4, -0.2) is 24.3 Å². The largest absolute Gasteiger partial charge is 0.305 e. The molecule has 0 radical (unpaired) electrons. The first-order chi connectivity index (χ1) is 15.1. The molecule has 6 heteroatoms. The van der Waals surface area contributed by atoms with Crippen molar-refractivity contribution in [3.63, 3.8) is 0 Å². The Morgan fingerprint density at radius 1 is 0.968 bits per heavy atom. The molecule has 1 unspecified atom stereocenters. The maximum atomic E-state index is 13.3. The smallest absolute Gasteiger partial charge is 0.243 e. The molecule has 1 aromatic heterocycles. The van der Waals surface area contributed by atoms with Crippen molar-refractivity contribution in [2.24, 2.45) is 0 Å². The monoisotopic (exact) mass is 433 g/mol. The zero-order valence-corrected chi connectivity index (χ0v) is 18.3. The van der Waals surface area contributed by atoms with Crippen LogP contribution >= 0.6 is 0 Å². The predicted molar refractivity (Wildman–Crippen MR) is 121 cm³/mol. The molecule has 0 saturated heterocycles. The molecule has 1 atom stereocenters. The Morgan fingerprint density at radius 3 is 2.71 bits per heavy atom. The van der Waals surface area contributed by atoms with Crippen molar-refractivity contribution in [2.45, 2.75) is 49.7 Å². The molecule has 2 aromatic carbocycles. The molecule has 5 rings (SSSR count). The van der Waals surface area contributed by atoms with Crippen molar-refractivity contribution in [2.75, 3.05) is 6.54 Å². The molecule has 0 spiro atoms. The predicted octanol–water partition coefficient (Wildman–Crippen LogP) is 4.00. The van der Waals surface area contributed by atoms with Gasteiger partial charge < -0.3 is 5.32 Å². The fourth-order valence-electron chi connectivity index (χ4n) is 4.69. The minimum absolute atomic E-state index is 0.212. The normalized spacial score (nSPS) is 18.9. The lowest BCUT2D eigenvalue weighted by molar-refractivity contribution is 0.391. The number of aromatic nitrogens is 1. The van der Waals surface area contributed by atoms with E-state index < -0.39 is 10.0 Å². The van der Waals surface area contributed by atoms with E-state index in [0.717, 1.165) is 42.5 Å². The van der Waals surface area contributed by atoms with Crippen LogP contribution in [-0.2, 0) is 36.0 Å². The Morgan fingerprint density at radius 2 is 1.81 bits per heavy atom. The molecule has 1 aliphatic heterocycles. The lowest BCUT2D eigenvalue weighted by Gasteiger charge is -2.28. The second kappa shape index (κ2) is 8.54. The lowest BCUT2D eigenvalue weighted by atomic mass is 9.92. The van der Waals surface area contributed by atoms with Crippen molar-refractivity contribution in [3.05, 3.63) is 94.8 Å². The molecule has 0 bridgehead atoms. The van der Waals surface area contributed by atoms with E-state index in [-0.39, 0.29) is 6.04 Å². The van der Waals surface area contributed by atoms with E-state index in [9.17, 15) is 8.42 Å². The number of fused-ring (bicyclic) bond motifs is 2. The van der Waals surface area contributed by atoms with Crippen molar-refractivity contribution in [3.8, 4) is 0 Å². The molecule has 0 fully saturated rings. The van der Waals surface area contributed by atoms with Crippen LogP contribution in [0.1, 0.15) is 46.8 Å². The second-order valence-electron chi connectivity index (χ2n) is 8.38. The van der Waals surface area contributed by atoms with Crippen LogP contribution in [0.5, 0.6) is 0 Å². The average Bonchev–Trinajstić information content (AvgIpc) is 2.82. The zero-order valence-electron chi connectivity index (χ0n) is 17.5. The first-order valence-corrected chi connectivity index (χ1v) is 12.4. The van der Waals surface area contributed by atoms with Gasteiger partial charge in [-0.1, -0.05) is 42.5 Å². The van der Waals surface area contributed by atoms with Crippen molar-refractivity contribution in [1.29, 1.82) is 0 Å². The molecule has 31 heavy (non-hydrogen) atoms. The summed E-state index contributed by atoms with van der Waals surface area (Å²) in [5, 5.41) is 3.59. The third-order valence-corrected chi connectivity index (χ3v) is 8.22. The maximum absolute atomic E-state index is 13.3. The first-order valence-electron chi connectivity index (χ1n) is 10.9. The summed E-state index contributed by atoms with van der Waals surface area (Å²) in [4.78, 5) is 4.95. The molecule has 3 aromatic rings. The Hall–Kier alpha value is -2.54. The van der Waals surface area contributed by atoms with E-state index in [4.69, 9.17) is 0 Å². The third-order valence-electron chi connectivity index (χ3n) is 6.38. The number of benzene rings is 2. The van der Waals surface area contributed by atoms with Gasteiger partial charge in [0.15, 0.2) is 0 Å². The van der Waals surface area contributed by atoms with Crippen molar-refractivity contribution >= 4 is 10.0 Å². The fourth-order valence-corrected chi connectivity index (χ4v) is 6.18. The quantitative estimate of drug-likeness (QED) is 0.661. The molecule has 2 heterocycles. The summed E-state index contributed by atoms with van der Waals surface area (Å²) in [6.07, 6.45) is 5.87. The Balaban J connectivity index is 1.31. The summed E-state index contributed by atoms with van der Waals surface area (Å²) in [5.74, 6) is 0. The first kappa shape index (κ1) is 20.4. The highest BCUT2D eigenvalue weighted by Crippen LogP contribution is 2.29. The van der Waals surface area contributed by atoms with Crippen LogP contribution in [0.4, 0.5) is 0 Å². The number of aryl methyl sites for hydroxylation is 1. The topological polar surface area (TPSA) is 62.3 Å². The van der Waals surface area contributed by atoms with Gasteiger partial charge in [0.05, 0.1) is 16.6 Å². The van der Waals surface area contributed by atoms with Crippen LogP contribution in [0.15, 0.2) is 71.8 Å². The minimum Gasteiger partial charge on any atom is -0.305 e. The summed E-state index contributed by atoms with van der Waals surface area (Å²) in [5.41, 5.74) is 5.76. The number of sulfonamides is 1. The number of hydrogen-bond acceptors (Lipinski definition) is 4. The van der Waals surface area contributed by atoms with Crippen LogP contribution in [0.3, 0.4) is 0 Å². The summed E-state index contributed by atoms with van der Waals surface area (Å²) in [6, 6.07) is 19.8. The molecular weight excluding hydrogens is 406 g/mol. The average molecular weight is 434 g/mol. The molecular formula is C25H27N3O2S. The summed E-state index contributed by atoms with van der Waals surface area (Å²) in [7, 11) is -3.53. The van der Waals surface area contributed by atoms with E-state index in [0.29, 0.717) is 24.5 Å². The van der Waals surface area contributed by atoms with Crippen LogP contribution in [0.2, 0.25) is 0 Å². The third kappa shape index (κ3) is 4.15. The van der Waals surface area contributed by atoms with E-state index >= 15 is 0 Å². The summed E-state index contributed by atoms with van der Waals surface area (Å²) < 4.78 is 28.2. The number of hydrogen-bond donors (Lipinski definition) is 1. The maximum Gasteiger partial charge on any atom is 0.243 e. The van der Waals surface area contributed by atoms with Gasteiger partial charge >= 0.3 is 0 Å². The minimum atomic E-state index is -3.53. The highest BCUT2D eigenvalue weighted by atomic mass is 32.2. The van der Waals surface area contributed by atoms with E-state index in [1.165, 1.54) is 11.1 Å². The number of nitrogens with one attached hydrogen (secondary N) is 1. The zero-order chi connectivity index (χ0) is 21.3. The van der Waals surface area contributed by atoms with E-state index in [1.807, 2.05) is 48.7 Å². The second-order valence-corrected chi connectivity index (χ2v) is 10.3. The summed E-state index contributed by atoms with van der Waals surface area (Å²) in [6.45, 7) is 1.57. The van der Waals surface area contributed by atoms with Gasteiger partial charge in [-0.25, -0.2) is 8.42 Å². The highest BCUT2D eigenvalue weighted by Gasteiger charge is 2.28. The van der Waals surface area contributed by atoms with Crippen molar-refractivity contribution < 1.29 is 8.42 Å². The van der Waals surface area contributed by atoms with Gasteiger partial charge in [-0.15, -0.1) is 0 Å². The SMILES string of the molecule is O=S(=O)(c1cccc(CNC2CCCc3cccnc32)c1)N1CCc2ccccc2C1. The Bertz CT molecular complexity index is 1190. The van der Waals surface area contributed by atoms with Gasteiger partial charge in [0.2, 0.25) is 10.0 Å². The molecule has 2 aliphatic rings. The lowest BCUT2D eigenvalue weighted by Crippen LogP contribution is -2.36. The van der Waals surface area contributed by atoms with Gasteiger partial charge in [0.1, 0.15) is 0 Å². The van der Waals surface area contributed by atoms with Gasteiger partial charge in [-0.2, -0.15) is 4.31 Å². The molecule has 160 valence electrons. The van der Waals surface area contributed by atoms with Gasteiger partial charge in [-0.3, -0.25) is 4.98 Å². The molecule has 0 amide bonds. The fraction of sp³-hybridized carbons (Fsp3) is 0.320.